The van der Waals surface area contributed by atoms with Crippen molar-refractivity contribution in [3.05, 3.63) is 145 Å². The molecule has 2 aromatic heterocycles. The number of amides is 3. The number of aromatic nitrogens is 2. The molecule has 6 aromatic rings. The van der Waals surface area contributed by atoms with Crippen LogP contribution in [0.4, 0.5) is 9.93 Å². The highest BCUT2D eigenvalue weighted by Crippen LogP contribution is 2.44. The molecule has 0 unspecified atom stereocenters. The van der Waals surface area contributed by atoms with Gasteiger partial charge in [-0.3, -0.25) is 24.6 Å². The van der Waals surface area contributed by atoms with Gasteiger partial charge in [-0.05, 0) is 115 Å². The van der Waals surface area contributed by atoms with Crippen LogP contribution < -0.4 is 39.7 Å². The van der Waals surface area contributed by atoms with Gasteiger partial charge in [-0.15, -0.1) is 23.1 Å². The number of aryl methyl sites for hydroxylation is 1. The molecule has 2 fully saturated rings. The lowest BCUT2D eigenvalue weighted by atomic mass is 10.0. The number of nitrogens with one attached hydrogen (secondary N) is 2. The third kappa shape index (κ3) is 16.1. The number of thiazole rings is 1. The van der Waals surface area contributed by atoms with Crippen molar-refractivity contribution in [2.45, 2.75) is 136 Å². The van der Waals surface area contributed by atoms with E-state index in [1.54, 1.807) is 93.2 Å². The molecule has 91 heavy (non-hydrogen) atoms. The number of fused-ring (bicyclic) bond motifs is 2. The number of nitrogens with zero attached hydrogens (tertiary/aromatic N) is 5. The summed E-state index contributed by atoms with van der Waals surface area (Å²) in [5, 5.41) is 10.6. The van der Waals surface area contributed by atoms with Crippen molar-refractivity contribution in [2.75, 3.05) is 52.0 Å². The van der Waals surface area contributed by atoms with E-state index < -0.39 is 63.8 Å². The number of pyridine rings is 1. The molecule has 2 saturated heterocycles. The average Bonchev–Trinajstić information content (AvgIpc) is 1.13. The van der Waals surface area contributed by atoms with Crippen molar-refractivity contribution in [1.29, 1.82) is 0 Å². The van der Waals surface area contributed by atoms with Gasteiger partial charge in [0, 0.05) is 48.4 Å². The summed E-state index contributed by atoms with van der Waals surface area (Å²) >= 11 is 9.76. The zero-order chi connectivity index (χ0) is 65.6. The monoisotopic (exact) mass is 1310 g/mol. The van der Waals surface area contributed by atoms with Crippen LogP contribution >= 0.6 is 34.7 Å². The Labute approximate surface area is 541 Å². The number of methoxy groups -OCH3 is 3. The Kier molecular flexibility index (Phi) is 20.7. The second-order valence-electron chi connectivity index (χ2n) is 24.7. The molecule has 9 rings (SSSR count). The topological polar surface area (TPSA) is 243 Å². The summed E-state index contributed by atoms with van der Waals surface area (Å²) < 4.78 is 48.4. The first-order valence-corrected chi connectivity index (χ1v) is 32.0. The maximum absolute atomic E-state index is 15.3. The van der Waals surface area contributed by atoms with Crippen molar-refractivity contribution in [3.63, 3.8) is 0 Å². The molecule has 0 saturated carbocycles. The second kappa shape index (κ2) is 28.0. The highest BCUT2D eigenvalue weighted by Gasteiger charge is 2.56. The molecule has 3 aliphatic heterocycles. The van der Waals surface area contributed by atoms with Crippen molar-refractivity contribution < 1.29 is 71.2 Å². The van der Waals surface area contributed by atoms with Gasteiger partial charge >= 0.3 is 18.0 Å². The number of carbonyl (C=O) groups is 5. The van der Waals surface area contributed by atoms with Crippen LogP contribution in [0, 0.1) is 0 Å². The van der Waals surface area contributed by atoms with Gasteiger partial charge in [0.25, 0.3) is 11.8 Å². The zero-order valence-electron chi connectivity index (χ0n) is 53.1. The number of anilines is 1. The van der Waals surface area contributed by atoms with Crippen LogP contribution in [0.15, 0.2) is 112 Å². The lowest BCUT2D eigenvalue weighted by molar-refractivity contribution is -0.925. The van der Waals surface area contributed by atoms with Crippen LogP contribution in [0.25, 0.3) is 10.9 Å². The van der Waals surface area contributed by atoms with Gasteiger partial charge in [0.2, 0.25) is 5.60 Å². The number of halogens is 1. The summed E-state index contributed by atoms with van der Waals surface area (Å²) in [4.78, 5) is 97.2. The number of esters is 2. The van der Waals surface area contributed by atoms with Gasteiger partial charge in [0.05, 0.1) is 55.9 Å². The molecule has 0 spiro atoms. The fourth-order valence-electron chi connectivity index (χ4n) is 10.6. The number of benzene rings is 4. The van der Waals surface area contributed by atoms with Crippen LogP contribution in [-0.4, -0.2) is 129 Å². The second-order valence-corrected chi connectivity index (χ2v) is 27.1. The van der Waals surface area contributed by atoms with E-state index in [1.165, 1.54) is 35.9 Å². The summed E-state index contributed by atoms with van der Waals surface area (Å²) in [6.07, 6.45) is 2.72. The van der Waals surface area contributed by atoms with E-state index in [4.69, 9.17) is 54.3 Å². The Morgan fingerprint density at radius 3 is 1.90 bits per heavy atom. The number of carbonyl (C=O) groups excluding carboxylic acids is 5. The Morgan fingerprint density at radius 2 is 1.34 bits per heavy atom. The van der Waals surface area contributed by atoms with Crippen LogP contribution in [0.2, 0.25) is 5.02 Å². The SMILES string of the molecule is CCn1cc(C[N+]2(CC3=C(C(=O)OCc4ccc(OC)cc4)N4C(=O)[C@@H](NC(=O)/C(=N/OC(C)(C)C(=O)OC(C)(C)C)c5csc(NC(=O)OC(C)(C)C)n5)[C@H]4SC3)CCCC2)c(=O)c2c(Cl)c(OCc3ccc(OC)cc3)c(OCc3ccc(OC)cc3)cc21. The van der Waals surface area contributed by atoms with Crippen LogP contribution in [0.5, 0.6) is 28.7 Å². The zero-order valence-corrected chi connectivity index (χ0v) is 55.5. The molecule has 2 N–H and O–H groups in total. The number of hydrogen-bond donors (Lipinski definition) is 2. The van der Waals surface area contributed by atoms with Crippen LogP contribution in [-0.2, 0) is 71.1 Å². The first-order chi connectivity index (χ1) is 43.2. The molecule has 25 heteroatoms. The molecule has 22 nitrogen and oxygen atoms in total. The number of oxime groups is 1. The number of likely N-dealkylation sites (tertiary alicyclic amines) is 1. The van der Waals surface area contributed by atoms with E-state index in [0.29, 0.717) is 69.3 Å². The minimum Gasteiger partial charge on any atom is -0.497 e. The van der Waals surface area contributed by atoms with E-state index in [9.17, 15) is 24.0 Å². The lowest BCUT2D eigenvalue weighted by Crippen LogP contribution is -2.71. The Balaban J connectivity index is 1.04. The lowest BCUT2D eigenvalue weighted by Gasteiger charge is -2.50. The molecule has 0 radical (unpaired) electrons. The average molecular weight is 1310 g/mol. The third-order valence-electron chi connectivity index (χ3n) is 15.2. The standard InChI is InChI=1S/C66H76ClN7O15S2/c1-13-72-31-42(55(75)50-48(72)30-49(84-34-39-16-22-44(81-10)23-17-39)56(51(50)67)85-35-40-18-24-45(82-11)25-19-40)32-74(28-14-15-29-74)33-43-37-90-59-53(58(77)73(59)54(43)60(78)86-36-41-20-26-46(83-12)27-21-41)69-57(76)52(71-89-66(8,9)61(79)87-64(2,3)4)47-38-91-62(68-47)70-63(80)88-65(5,6)7/h16-27,30-31,38,53,59H,13-15,28-29,32-37H2,1-12H3,(H-,68,69,70,76,80)/p+1/b71-52+/t53-,59-/m1/s1. The van der Waals surface area contributed by atoms with Gasteiger partial charge in [0.1, 0.15) is 84.2 Å². The summed E-state index contributed by atoms with van der Waals surface area (Å²) in [7, 11) is 4.75. The van der Waals surface area contributed by atoms with E-state index in [0.717, 1.165) is 35.3 Å². The summed E-state index contributed by atoms with van der Waals surface area (Å²) in [5.41, 5.74) is -0.132. The minimum absolute atomic E-state index is 0.0409. The summed E-state index contributed by atoms with van der Waals surface area (Å²) in [6.45, 7) is 17.4. The Hall–Kier alpha value is -8.32. The number of quaternary nitrogens is 1. The molecule has 0 aliphatic carbocycles. The van der Waals surface area contributed by atoms with Gasteiger partial charge < -0.3 is 57.1 Å². The normalized spacial score (nSPS) is 16.5. The number of rotatable bonds is 24. The molecule has 0 bridgehead atoms. The largest absolute Gasteiger partial charge is 0.497 e. The maximum atomic E-state index is 15.3. The van der Waals surface area contributed by atoms with Crippen molar-refractivity contribution in [3.8, 4) is 28.7 Å². The van der Waals surface area contributed by atoms with Crippen LogP contribution in [0.1, 0.15) is 103 Å². The first-order valence-electron chi connectivity index (χ1n) is 29.7. The summed E-state index contributed by atoms with van der Waals surface area (Å²) in [6, 6.07) is 22.6. The Morgan fingerprint density at radius 1 is 0.769 bits per heavy atom. The fraction of sp³-hybridized carbons (Fsp3) is 0.424. The van der Waals surface area contributed by atoms with Crippen molar-refractivity contribution in [2.24, 2.45) is 5.16 Å². The van der Waals surface area contributed by atoms with E-state index in [-0.39, 0.29) is 76.8 Å². The number of ether oxygens (including phenoxy) is 8. The van der Waals surface area contributed by atoms with Gasteiger partial charge in [-0.1, -0.05) is 53.2 Å². The fourth-order valence-corrected chi connectivity index (χ4v) is 13.0. The number of β-lactam (4-membered cyclic amide) rings is 1. The molecule has 4 aromatic carbocycles. The highest BCUT2D eigenvalue weighted by atomic mass is 35.5. The van der Waals surface area contributed by atoms with Crippen LogP contribution in [0.3, 0.4) is 0 Å². The highest BCUT2D eigenvalue weighted by molar-refractivity contribution is 8.00. The Bertz CT molecular complexity index is 3810. The molecule has 2 atom stereocenters. The molecular weight excluding hydrogens is 1230 g/mol. The smallest absolute Gasteiger partial charge is 0.413 e. The third-order valence-corrected chi connectivity index (χ3v) is 17.6. The van der Waals surface area contributed by atoms with Crippen molar-refractivity contribution >= 4 is 86.3 Å². The number of hydrogen-bond acceptors (Lipinski definition) is 19. The van der Waals surface area contributed by atoms with E-state index in [1.807, 2.05) is 66.2 Å². The quantitative estimate of drug-likeness (QED) is 0.0143. The van der Waals surface area contributed by atoms with Gasteiger partial charge in [0.15, 0.2) is 27.8 Å². The molecule has 5 heterocycles. The summed E-state index contributed by atoms with van der Waals surface area (Å²) in [5.74, 6) is -0.257. The van der Waals surface area contributed by atoms with Gasteiger partial charge in [-0.2, -0.15) is 0 Å². The number of thioether (sulfide) groups is 1. The van der Waals surface area contributed by atoms with E-state index in [2.05, 4.69) is 20.8 Å². The maximum Gasteiger partial charge on any atom is 0.413 e. The molecule has 484 valence electrons. The molecular formula is C66H77ClN7O15S2+. The van der Waals surface area contributed by atoms with Gasteiger partial charge in [-0.25, -0.2) is 19.4 Å². The van der Waals surface area contributed by atoms with E-state index >= 15 is 4.79 Å². The predicted molar refractivity (Wildman–Crippen MR) is 346 cm³/mol. The van der Waals surface area contributed by atoms with Crippen molar-refractivity contribution in [1.82, 2.24) is 19.8 Å². The molecule has 3 aliphatic rings. The molecule has 3 amide bonds. The first kappa shape index (κ1) is 67.1. The predicted octanol–water partition coefficient (Wildman–Crippen LogP) is 10.7. The minimum atomic E-state index is -1.71.